The summed E-state index contributed by atoms with van der Waals surface area (Å²) in [5, 5.41) is 16.5. The molecule has 1 fully saturated rings. The maximum absolute atomic E-state index is 9.03. The second-order valence-electron chi connectivity index (χ2n) is 4.99. The van der Waals surface area contributed by atoms with Gasteiger partial charge in [0.2, 0.25) is 0 Å². The fourth-order valence-electron chi connectivity index (χ4n) is 2.51. The highest BCUT2D eigenvalue weighted by atomic mass is 79.9. The van der Waals surface area contributed by atoms with Gasteiger partial charge in [0.15, 0.2) is 0 Å². The number of rotatable bonds is 4. The van der Waals surface area contributed by atoms with Gasteiger partial charge in [-0.1, -0.05) is 0 Å². The highest BCUT2D eigenvalue weighted by Gasteiger charge is 2.16. The molecule has 0 unspecified atom stereocenters. The van der Waals surface area contributed by atoms with Crippen LogP contribution in [0, 0.1) is 5.41 Å². The molecule has 0 aliphatic carbocycles. The minimum absolute atomic E-state index is 0.0854. The molecule has 6 heteroatoms. The number of hydrogen-bond acceptors (Lipinski definition) is 4. The molecule has 0 aromatic heterocycles. The normalized spacial score (nSPS) is 17.0. The molecule has 2 rings (SSSR count). The molecule has 5 nitrogen and oxygen atoms in total. The number of nitrogens with one attached hydrogen (secondary N) is 1. The molecule has 0 spiro atoms. The van der Waals surface area contributed by atoms with Crippen molar-refractivity contribution < 1.29 is 5.11 Å². The summed E-state index contributed by atoms with van der Waals surface area (Å²) in [5.74, 6) is 0.0854. The summed E-state index contributed by atoms with van der Waals surface area (Å²) in [6.07, 6.45) is 1.08. The lowest BCUT2D eigenvalue weighted by atomic mass is 10.2. The van der Waals surface area contributed by atoms with Crippen LogP contribution < -0.4 is 10.6 Å². The molecule has 0 bridgehead atoms. The summed E-state index contributed by atoms with van der Waals surface area (Å²) in [7, 11) is 0. The smallest absolute Gasteiger partial charge is 0.122 e. The van der Waals surface area contributed by atoms with Crippen LogP contribution in [0.25, 0.3) is 0 Å². The molecule has 0 radical (unpaired) electrons. The van der Waals surface area contributed by atoms with Crippen LogP contribution in [0.15, 0.2) is 22.7 Å². The van der Waals surface area contributed by atoms with E-state index in [1.165, 1.54) is 0 Å². The average molecular weight is 341 g/mol. The quantitative estimate of drug-likeness (QED) is 0.569. The predicted molar refractivity (Wildman–Crippen MR) is 85.5 cm³/mol. The third-order valence-electron chi connectivity index (χ3n) is 3.60. The Bertz CT molecular complexity index is 480. The first-order valence-electron chi connectivity index (χ1n) is 6.84. The standard InChI is InChI=1S/C14H21BrN4O/c15-12-10-11(14(16)17)2-3-13(12)19-5-1-4-18(6-7-19)8-9-20/h2-3,10,20H,1,4-9H2,(H3,16,17). The van der Waals surface area contributed by atoms with Crippen molar-refractivity contribution in [2.24, 2.45) is 5.73 Å². The van der Waals surface area contributed by atoms with E-state index < -0.39 is 0 Å². The fourth-order valence-corrected chi connectivity index (χ4v) is 3.14. The zero-order valence-electron chi connectivity index (χ0n) is 11.5. The highest BCUT2D eigenvalue weighted by molar-refractivity contribution is 9.10. The Morgan fingerprint density at radius 3 is 2.75 bits per heavy atom. The van der Waals surface area contributed by atoms with Gasteiger partial charge < -0.3 is 15.7 Å². The van der Waals surface area contributed by atoms with Gasteiger partial charge in [-0.15, -0.1) is 0 Å². The number of anilines is 1. The van der Waals surface area contributed by atoms with Crippen molar-refractivity contribution in [1.82, 2.24) is 4.90 Å². The molecule has 1 aromatic carbocycles. The number of nitrogens with zero attached hydrogens (tertiary/aromatic N) is 2. The van der Waals surface area contributed by atoms with Crippen LogP contribution in [0.5, 0.6) is 0 Å². The van der Waals surface area contributed by atoms with Gasteiger partial charge in [0.1, 0.15) is 5.84 Å². The third-order valence-corrected chi connectivity index (χ3v) is 4.24. The Labute approximate surface area is 128 Å². The summed E-state index contributed by atoms with van der Waals surface area (Å²) in [6, 6.07) is 5.80. The molecule has 0 atom stereocenters. The number of nitrogen functional groups attached to an aromatic ring is 1. The molecular weight excluding hydrogens is 320 g/mol. The maximum Gasteiger partial charge on any atom is 0.122 e. The van der Waals surface area contributed by atoms with Crippen molar-refractivity contribution in [3.8, 4) is 0 Å². The lowest BCUT2D eigenvalue weighted by Gasteiger charge is -2.25. The zero-order chi connectivity index (χ0) is 14.5. The van der Waals surface area contributed by atoms with E-state index >= 15 is 0 Å². The van der Waals surface area contributed by atoms with E-state index in [1.807, 2.05) is 18.2 Å². The van der Waals surface area contributed by atoms with E-state index in [2.05, 4.69) is 25.7 Å². The molecule has 4 N–H and O–H groups in total. The molecule has 20 heavy (non-hydrogen) atoms. The van der Waals surface area contributed by atoms with Gasteiger partial charge in [0.25, 0.3) is 0 Å². The van der Waals surface area contributed by atoms with E-state index in [-0.39, 0.29) is 12.4 Å². The van der Waals surface area contributed by atoms with E-state index in [1.54, 1.807) is 0 Å². The second-order valence-corrected chi connectivity index (χ2v) is 5.84. The molecule has 110 valence electrons. The lowest BCUT2D eigenvalue weighted by Crippen LogP contribution is -2.32. The Balaban J connectivity index is 2.09. The van der Waals surface area contributed by atoms with Crippen LogP contribution in [0.3, 0.4) is 0 Å². The van der Waals surface area contributed by atoms with E-state index in [0.29, 0.717) is 0 Å². The number of halogens is 1. The minimum Gasteiger partial charge on any atom is -0.395 e. The van der Waals surface area contributed by atoms with E-state index in [9.17, 15) is 0 Å². The predicted octanol–water partition coefficient (Wildman–Crippen LogP) is 1.24. The van der Waals surface area contributed by atoms with Crippen molar-refractivity contribution in [2.75, 3.05) is 44.2 Å². The second kappa shape index (κ2) is 7.06. The highest BCUT2D eigenvalue weighted by Crippen LogP contribution is 2.28. The van der Waals surface area contributed by atoms with Gasteiger partial charge in [-0.3, -0.25) is 10.3 Å². The molecule has 0 amide bonds. The number of hydrogen-bond donors (Lipinski definition) is 3. The average Bonchev–Trinajstić information content (AvgIpc) is 2.65. The van der Waals surface area contributed by atoms with Gasteiger partial charge in [0.05, 0.1) is 12.3 Å². The zero-order valence-corrected chi connectivity index (χ0v) is 13.1. The van der Waals surface area contributed by atoms with Crippen LogP contribution in [-0.4, -0.2) is 55.2 Å². The van der Waals surface area contributed by atoms with Gasteiger partial charge in [-0.25, -0.2) is 0 Å². The molecule has 1 aliphatic heterocycles. The Kier molecular flexibility index (Phi) is 5.39. The van der Waals surface area contributed by atoms with Gasteiger partial charge in [-0.05, 0) is 47.1 Å². The van der Waals surface area contributed by atoms with E-state index in [4.69, 9.17) is 16.2 Å². The first kappa shape index (κ1) is 15.3. The Hall–Kier alpha value is -1.11. The topological polar surface area (TPSA) is 76.6 Å². The largest absolute Gasteiger partial charge is 0.395 e. The molecule has 1 aromatic rings. The van der Waals surface area contributed by atoms with Crippen molar-refractivity contribution in [1.29, 1.82) is 5.41 Å². The van der Waals surface area contributed by atoms with Crippen molar-refractivity contribution >= 4 is 27.5 Å². The van der Waals surface area contributed by atoms with Crippen molar-refractivity contribution in [3.05, 3.63) is 28.2 Å². The maximum atomic E-state index is 9.03. The SMILES string of the molecule is N=C(N)c1ccc(N2CCCN(CCO)CC2)c(Br)c1. The number of β-amino-alcohol motifs (C(OH)–C–C–N with tert-alkyl or cyclic N) is 1. The Morgan fingerprint density at radius 1 is 1.30 bits per heavy atom. The van der Waals surface area contributed by atoms with Crippen LogP contribution in [0.1, 0.15) is 12.0 Å². The monoisotopic (exact) mass is 340 g/mol. The van der Waals surface area contributed by atoms with Crippen molar-refractivity contribution in [3.63, 3.8) is 0 Å². The third kappa shape index (κ3) is 3.71. The number of amidine groups is 1. The Morgan fingerprint density at radius 2 is 2.10 bits per heavy atom. The van der Waals surface area contributed by atoms with Gasteiger partial charge >= 0.3 is 0 Å². The first-order chi connectivity index (χ1) is 9.61. The lowest BCUT2D eigenvalue weighted by molar-refractivity contribution is 0.204. The molecule has 1 heterocycles. The minimum atomic E-state index is 0.0854. The van der Waals surface area contributed by atoms with Gasteiger partial charge in [-0.2, -0.15) is 0 Å². The summed E-state index contributed by atoms with van der Waals surface area (Å²) < 4.78 is 0.973. The van der Waals surface area contributed by atoms with E-state index in [0.717, 1.165) is 54.9 Å². The molecule has 1 aliphatic rings. The number of aliphatic hydroxyl groups excluding tert-OH is 1. The van der Waals surface area contributed by atoms with Crippen LogP contribution in [-0.2, 0) is 0 Å². The summed E-state index contributed by atoms with van der Waals surface area (Å²) in [5.41, 5.74) is 7.38. The van der Waals surface area contributed by atoms with Crippen molar-refractivity contribution in [2.45, 2.75) is 6.42 Å². The molecular formula is C14H21BrN4O. The summed E-state index contributed by atoms with van der Waals surface area (Å²) in [6.45, 7) is 4.90. The molecule has 0 saturated carbocycles. The first-order valence-corrected chi connectivity index (χ1v) is 7.63. The number of benzene rings is 1. The summed E-state index contributed by atoms with van der Waals surface area (Å²) >= 11 is 3.57. The van der Waals surface area contributed by atoms with Crippen LogP contribution >= 0.6 is 15.9 Å². The number of nitrogens with two attached hydrogens (primary N) is 1. The summed E-state index contributed by atoms with van der Waals surface area (Å²) in [4.78, 5) is 4.63. The fraction of sp³-hybridized carbons (Fsp3) is 0.500. The van der Waals surface area contributed by atoms with Crippen LogP contribution in [0.2, 0.25) is 0 Å². The van der Waals surface area contributed by atoms with Gasteiger partial charge in [0, 0.05) is 36.2 Å². The number of aliphatic hydroxyl groups is 1. The molecule has 1 saturated heterocycles. The van der Waals surface area contributed by atoms with Crippen LogP contribution in [0.4, 0.5) is 5.69 Å².